The summed E-state index contributed by atoms with van der Waals surface area (Å²) in [6.07, 6.45) is 0.894. The number of rotatable bonds is 1. The standard InChI is InChI=1S/C8H13NO3/c1-6(2)8(9)3-7(4-8,12-6)5(10)11/h3-4,9H2,1-2H3,(H,10,11). The topological polar surface area (TPSA) is 72.5 Å². The highest BCUT2D eigenvalue weighted by molar-refractivity contribution is 5.81. The first-order chi connectivity index (χ1) is 5.31. The van der Waals surface area contributed by atoms with E-state index in [1.165, 1.54) is 0 Å². The van der Waals surface area contributed by atoms with Crippen molar-refractivity contribution in [3.8, 4) is 0 Å². The monoisotopic (exact) mass is 171 g/mol. The molecule has 2 aliphatic heterocycles. The van der Waals surface area contributed by atoms with E-state index in [9.17, 15) is 4.79 Å². The van der Waals surface area contributed by atoms with Crippen LogP contribution in [0.3, 0.4) is 0 Å². The van der Waals surface area contributed by atoms with Crippen LogP contribution in [0.5, 0.6) is 0 Å². The number of ether oxygens (including phenoxy) is 1. The van der Waals surface area contributed by atoms with Crippen molar-refractivity contribution in [3.63, 3.8) is 0 Å². The number of hydrogen-bond donors (Lipinski definition) is 2. The van der Waals surface area contributed by atoms with E-state index in [-0.39, 0.29) is 0 Å². The summed E-state index contributed by atoms with van der Waals surface area (Å²) in [7, 11) is 0. The lowest BCUT2D eigenvalue weighted by molar-refractivity contribution is -0.167. The summed E-state index contributed by atoms with van der Waals surface area (Å²) in [5.41, 5.74) is 4.06. The summed E-state index contributed by atoms with van der Waals surface area (Å²) in [4.78, 5) is 10.8. The Morgan fingerprint density at radius 1 is 1.50 bits per heavy atom. The molecule has 0 amide bonds. The maximum absolute atomic E-state index is 10.8. The van der Waals surface area contributed by atoms with Crippen LogP contribution in [0, 0.1) is 0 Å². The number of carboxylic acids is 1. The van der Waals surface area contributed by atoms with Crippen molar-refractivity contribution in [2.24, 2.45) is 5.73 Å². The predicted molar refractivity (Wildman–Crippen MR) is 41.7 cm³/mol. The Bertz CT molecular complexity index is 250. The summed E-state index contributed by atoms with van der Waals surface area (Å²) in [5.74, 6) is -0.880. The van der Waals surface area contributed by atoms with Gasteiger partial charge in [0, 0.05) is 12.8 Å². The molecule has 0 aromatic rings. The summed E-state index contributed by atoms with van der Waals surface area (Å²) in [6, 6.07) is 0. The first-order valence-electron chi connectivity index (χ1n) is 4.04. The second-order valence-electron chi connectivity index (χ2n) is 4.42. The van der Waals surface area contributed by atoms with Gasteiger partial charge in [-0.1, -0.05) is 0 Å². The van der Waals surface area contributed by atoms with E-state index in [2.05, 4.69) is 0 Å². The van der Waals surface area contributed by atoms with Crippen molar-refractivity contribution >= 4 is 5.97 Å². The van der Waals surface area contributed by atoms with Gasteiger partial charge in [-0.25, -0.2) is 4.79 Å². The van der Waals surface area contributed by atoms with Crippen LogP contribution >= 0.6 is 0 Å². The van der Waals surface area contributed by atoms with E-state index < -0.39 is 22.7 Å². The molecule has 2 heterocycles. The van der Waals surface area contributed by atoms with E-state index >= 15 is 0 Å². The molecular weight excluding hydrogens is 158 g/mol. The van der Waals surface area contributed by atoms with Crippen LogP contribution in [0.1, 0.15) is 26.7 Å². The molecular formula is C8H13NO3. The van der Waals surface area contributed by atoms with E-state index in [0.717, 1.165) is 0 Å². The van der Waals surface area contributed by atoms with Crippen LogP contribution in [0.25, 0.3) is 0 Å². The Morgan fingerprint density at radius 3 is 2.17 bits per heavy atom. The SMILES string of the molecule is CC1(C)OC2(C(=O)O)CC1(N)C2. The molecule has 1 aliphatic carbocycles. The van der Waals surface area contributed by atoms with Gasteiger partial charge in [-0.3, -0.25) is 0 Å². The molecule has 4 nitrogen and oxygen atoms in total. The van der Waals surface area contributed by atoms with Crippen molar-refractivity contribution in [1.82, 2.24) is 0 Å². The Labute approximate surface area is 70.7 Å². The third kappa shape index (κ3) is 0.630. The maximum Gasteiger partial charge on any atom is 0.336 e. The van der Waals surface area contributed by atoms with E-state index in [1.54, 1.807) is 0 Å². The highest BCUT2D eigenvalue weighted by Gasteiger charge is 2.73. The van der Waals surface area contributed by atoms with Gasteiger partial charge in [0.15, 0.2) is 5.60 Å². The highest BCUT2D eigenvalue weighted by Crippen LogP contribution is 2.58. The van der Waals surface area contributed by atoms with Crippen LogP contribution in [0.4, 0.5) is 0 Å². The maximum atomic E-state index is 10.8. The molecule has 0 aromatic heterocycles. The van der Waals surface area contributed by atoms with Crippen molar-refractivity contribution in [1.29, 1.82) is 0 Å². The predicted octanol–water partition coefficient (Wildman–Crippen LogP) is 0.110. The van der Waals surface area contributed by atoms with E-state index in [0.29, 0.717) is 12.8 Å². The molecule has 2 saturated heterocycles. The van der Waals surface area contributed by atoms with Gasteiger partial charge in [0.05, 0.1) is 11.1 Å². The Hall–Kier alpha value is -0.610. The summed E-state index contributed by atoms with van der Waals surface area (Å²) in [6.45, 7) is 3.70. The van der Waals surface area contributed by atoms with Crippen molar-refractivity contribution in [3.05, 3.63) is 0 Å². The van der Waals surface area contributed by atoms with Gasteiger partial charge in [-0.2, -0.15) is 0 Å². The largest absolute Gasteiger partial charge is 0.479 e. The first kappa shape index (κ1) is 8.01. The lowest BCUT2D eigenvalue weighted by Gasteiger charge is -2.41. The van der Waals surface area contributed by atoms with Crippen molar-refractivity contribution in [2.75, 3.05) is 0 Å². The van der Waals surface area contributed by atoms with E-state index in [4.69, 9.17) is 15.6 Å². The van der Waals surface area contributed by atoms with Crippen LogP contribution in [0.15, 0.2) is 0 Å². The van der Waals surface area contributed by atoms with Crippen LogP contribution < -0.4 is 5.73 Å². The fraction of sp³-hybridized carbons (Fsp3) is 0.875. The molecule has 0 radical (unpaired) electrons. The van der Waals surface area contributed by atoms with Gasteiger partial charge in [0.2, 0.25) is 0 Å². The second-order valence-corrected chi connectivity index (χ2v) is 4.42. The number of aliphatic carboxylic acids is 1. The molecule has 0 atom stereocenters. The van der Waals surface area contributed by atoms with Gasteiger partial charge >= 0.3 is 5.97 Å². The fourth-order valence-corrected chi connectivity index (χ4v) is 2.25. The van der Waals surface area contributed by atoms with Gasteiger partial charge in [-0.05, 0) is 13.8 Å². The molecule has 68 valence electrons. The molecule has 3 N–H and O–H groups in total. The molecule has 1 saturated carbocycles. The lowest BCUT2D eigenvalue weighted by Crippen LogP contribution is -2.62. The number of hydrogen-bond acceptors (Lipinski definition) is 3. The van der Waals surface area contributed by atoms with Gasteiger partial charge in [0.25, 0.3) is 0 Å². The van der Waals surface area contributed by atoms with Crippen LogP contribution in [-0.4, -0.2) is 27.8 Å². The molecule has 3 aliphatic rings. The summed E-state index contributed by atoms with van der Waals surface area (Å²) < 4.78 is 5.45. The number of carboxylic acid groups (broad SMARTS) is 1. The zero-order chi connectivity index (χ0) is 9.20. The Morgan fingerprint density at radius 2 is 2.00 bits per heavy atom. The molecule has 3 fully saturated rings. The number of carbonyl (C=O) groups is 1. The van der Waals surface area contributed by atoms with E-state index in [1.807, 2.05) is 13.8 Å². The normalized spacial score (nSPS) is 48.6. The smallest absolute Gasteiger partial charge is 0.336 e. The summed E-state index contributed by atoms with van der Waals surface area (Å²) in [5, 5.41) is 8.88. The molecule has 0 aromatic carbocycles. The van der Waals surface area contributed by atoms with Crippen molar-refractivity contribution in [2.45, 2.75) is 43.4 Å². The fourth-order valence-electron chi connectivity index (χ4n) is 2.25. The summed E-state index contributed by atoms with van der Waals surface area (Å²) >= 11 is 0. The lowest BCUT2D eigenvalue weighted by atomic mass is 9.63. The first-order valence-corrected chi connectivity index (χ1v) is 4.04. The Kier molecular flexibility index (Phi) is 1.12. The number of fused-ring (bicyclic) bond motifs is 1. The molecule has 12 heavy (non-hydrogen) atoms. The average molecular weight is 171 g/mol. The van der Waals surface area contributed by atoms with Crippen LogP contribution in [0.2, 0.25) is 0 Å². The minimum Gasteiger partial charge on any atom is -0.479 e. The molecule has 4 heteroatoms. The third-order valence-corrected chi connectivity index (χ3v) is 3.24. The molecule has 0 unspecified atom stereocenters. The zero-order valence-corrected chi connectivity index (χ0v) is 7.26. The van der Waals surface area contributed by atoms with Crippen LogP contribution in [-0.2, 0) is 9.53 Å². The number of nitrogens with two attached hydrogens (primary N) is 1. The minimum atomic E-state index is -0.974. The van der Waals surface area contributed by atoms with Gasteiger partial charge < -0.3 is 15.6 Å². The molecule has 3 rings (SSSR count). The average Bonchev–Trinajstić information content (AvgIpc) is 2.10. The minimum absolute atomic E-state index is 0.425. The van der Waals surface area contributed by atoms with Gasteiger partial charge in [0.1, 0.15) is 0 Å². The molecule has 0 spiro atoms. The zero-order valence-electron chi connectivity index (χ0n) is 7.26. The quantitative estimate of drug-likeness (QED) is 0.587. The van der Waals surface area contributed by atoms with Crippen molar-refractivity contribution < 1.29 is 14.6 Å². The van der Waals surface area contributed by atoms with Gasteiger partial charge in [-0.15, -0.1) is 0 Å². The third-order valence-electron chi connectivity index (χ3n) is 3.24. The highest BCUT2D eigenvalue weighted by atomic mass is 16.6. The Balaban J connectivity index is 2.31. The second kappa shape index (κ2) is 1.67. The molecule has 2 bridgehead atoms.